The maximum Gasteiger partial charge on any atom is 0.292 e. The number of hydrogen-bond acceptors (Lipinski definition) is 4. The van der Waals surface area contributed by atoms with Gasteiger partial charge in [-0.1, -0.05) is 18.2 Å². The highest BCUT2D eigenvalue weighted by atomic mass is 16.6. The van der Waals surface area contributed by atoms with Crippen LogP contribution in [0.1, 0.15) is 23.1 Å². The van der Waals surface area contributed by atoms with Gasteiger partial charge in [-0.15, -0.1) is 0 Å². The van der Waals surface area contributed by atoms with Gasteiger partial charge in [0.2, 0.25) is 5.91 Å². The first-order valence-electron chi connectivity index (χ1n) is 7.26. The van der Waals surface area contributed by atoms with Crippen molar-refractivity contribution in [3.63, 3.8) is 0 Å². The summed E-state index contributed by atoms with van der Waals surface area (Å²) < 4.78 is 0. The number of nitrogens with zero attached hydrogens (tertiary/aromatic N) is 1. The Morgan fingerprint density at radius 1 is 1.22 bits per heavy atom. The molecule has 0 atom stereocenters. The number of nitro benzene ring substituents is 1. The number of carbonyl (C=O) groups is 1. The van der Waals surface area contributed by atoms with Crippen molar-refractivity contribution in [1.29, 1.82) is 0 Å². The molecule has 0 heterocycles. The van der Waals surface area contributed by atoms with E-state index in [1.54, 1.807) is 6.07 Å². The molecule has 0 saturated carbocycles. The predicted octanol–water partition coefficient (Wildman–Crippen LogP) is 3.37. The van der Waals surface area contributed by atoms with Gasteiger partial charge in [-0.2, -0.15) is 0 Å². The molecule has 0 fully saturated rings. The molecule has 2 aromatic rings. The molecule has 23 heavy (non-hydrogen) atoms. The van der Waals surface area contributed by atoms with Gasteiger partial charge in [0.25, 0.3) is 5.69 Å². The third-order valence-electron chi connectivity index (χ3n) is 3.60. The quantitative estimate of drug-likeness (QED) is 0.502. The Hall–Kier alpha value is -2.89. The summed E-state index contributed by atoms with van der Waals surface area (Å²) in [5.41, 5.74) is 9.12. The maximum absolute atomic E-state index is 12.1. The second kappa shape index (κ2) is 6.91. The van der Waals surface area contributed by atoms with Crippen LogP contribution in [0.2, 0.25) is 0 Å². The average molecular weight is 313 g/mol. The van der Waals surface area contributed by atoms with Gasteiger partial charge in [-0.25, -0.2) is 0 Å². The second-order valence-electron chi connectivity index (χ2n) is 5.52. The summed E-state index contributed by atoms with van der Waals surface area (Å²) in [6.07, 6.45) is 0.659. The Morgan fingerprint density at radius 2 is 1.96 bits per heavy atom. The molecule has 3 N–H and O–H groups in total. The Morgan fingerprint density at radius 3 is 2.65 bits per heavy atom. The summed E-state index contributed by atoms with van der Waals surface area (Å²) >= 11 is 0. The summed E-state index contributed by atoms with van der Waals surface area (Å²) in [5.74, 6) is -0.127. The van der Waals surface area contributed by atoms with Crippen molar-refractivity contribution in [3.8, 4) is 0 Å². The molecule has 6 heteroatoms. The lowest BCUT2D eigenvalue weighted by molar-refractivity contribution is -0.384. The molecule has 0 aliphatic heterocycles. The summed E-state index contributed by atoms with van der Waals surface area (Å²) in [6.45, 7) is 3.89. The van der Waals surface area contributed by atoms with E-state index in [9.17, 15) is 14.9 Å². The minimum atomic E-state index is -0.519. The molecule has 1 amide bonds. The molecule has 0 bridgehead atoms. The lowest BCUT2D eigenvalue weighted by Crippen LogP contribution is -2.13. The summed E-state index contributed by atoms with van der Waals surface area (Å²) in [5, 5.41) is 13.7. The number of hydrogen-bond donors (Lipinski definition) is 2. The van der Waals surface area contributed by atoms with E-state index in [4.69, 9.17) is 5.73 Å². The molecule has 0 aliphatic rings. The van der Waals surface area contributed by atoms with Gasteiger partial charge in [-0.05, 0) is 49.1 Å². The molecule has 120 valence electrons. The lowest BCUT2D eigenvalue weighted by atomic mass is 10.1. The van der Waals surface area contributed by atoms with E-state index in [1.165, 1.54) is 12.1 Å². The summed E-state index contributed by atoms with van der Waals surface area (Å²) in [4.78, 5) is 22.4. The number of aryl methyl sites for hydroxylation is 3. The Labute approximate surface area is 134 Å². The number of rotatable bonds is 5. The van der Waals surface area contributed by atoms with Crippen molar-refractivity contribution in [3.05, 3.63) is 63.2 Å². The van der Waals surface area contributed by atoms with E-state index in [0.717, 1.165) is 16.8 Å². The number of nitrogen functional groups attached to an aromatic ring is 1. The molecule has 0 saturated heterocycles. The molecule has 0 aliphatic carbocycles. The smallest absolute Gasteiger partial charge is 0.292 e. The SMILES string of the molecule is Cc1ccc(C)c(NC(=O)CCc2ccc(N)c([N+](=O)[O-])c2)c1. The number of carbonyl (C=O) groups excluding carboxylic acids is 1. The van der Waals surface area contributed by atoms with Gasteiger partial charge in [0.15, 0.2) is 0 Å². The van der Waals surface area contributed by atoms with Gasteiger partial charge in [0.1, 0.15) is 5.69 Å². The molecule has 6 nitrogen and oxygen atoms in total. The van der Waals surface area contributed by atoms with Gasteiger partial charge < -0.3 is 11.1 Å². The van der Waals surface area contributed by atoms with E-state index in [1.807, 2.05) is 32.0 Å². The Kier molecular flexibility index (Phi) is 4.95. The molecule has 2 rings (SSSR count). The number of nitrogens with two attached hydrogens (primary N) is 1. The zero-order valence-electron chi connectivity index (χ0n) is 13.1. The molecule has 2 aromatic carbocycles. The third kappa shape index (κ3) is 4.29. The van der Waals surface area contributed by atoms with E-state index in [0.29, 0.717) is 12.0 Å². The largest absolute Gasteiger partial charge is 0.393 e. The van der Waals surface area contributed by atoms with E-state index in [-0.39, 0.29) is 23.7 Å². The fourth-order valence-electron chi connectivity index (χ4n) is 2.24. The predicted molar refractivity (Wildman–Crippen MR) is 90.4 cm³/mol. The fraction of sp³-hybridized carbons (Fsp3) is 0.235. The van der Waals surface area contributed by atoms with Gasteiger partial charge in [0.05, 0.1) is 4.92 Å². The number of benzene rings is 2. The lowest BCUT2D eigenvalue weighted by Gasteiger charge is -2.09. The van der Waals surface area contributed by atoms with Crippen LogP contribution in [0.5, 0.6) is 0 Å². The van der Waals surface area contributed by atoms with E-state index in [2.05, 4.69) is 5.32 Å². The zero-order valence-corrected chi connectivity index (χ0v) is 13.1. The van der Waals surface area contributed by atoms with Crippen molar-refractivity contribution in [2.45, 2.75) is 26.7 Å². The van der Waals surface area contributed by atoms with Crippen LogP contribution in [0, 0.1) is 24.0 Å². The highest BCUT2D eigenvalue weighted by Gasteiger charge is 2.13. The van der Waals surface area contributed by atoms with Crippen molar-refractivity contribution in [1.82, 2.24) is 0 Å². The van der Waals surface area contributed by atoms with Crippen LogP contribution in [0.3, 0.4) is 0 Å². The minimum Gasteiger partial charge on any atom is -0.393 e. The van der Waals surface area contributed by atoms with E-state index >= 15 is 0 Å². The van der Waals surface area contributed by atoms with Crippen LogP contribution in [0.25, 0.3) is 0 Å². The fourth-order valence-corrected chi connectivity index (χ4v) is 2.24. The highest BCUT2D eigenvalue weighted by molar-refractivity contribution is 5.91. The number of nitrogens with one attached hydrogen (secondary N) is 1. The molecule has 0 spiro atoms. The van der Waals surface area contributed by atoms with Crippen LogP contribution < -0.4 is 11.1 Å². The maximum atomic E-state index is 12.1. The molecular formula is C17H19N3O3. The van der Waals surface area contributed by atoms with Crippen LogP contribution in [-0.2, 0) is 11.2 Å². The molecule has 0 radical (unpaired) electrons. The van der Waals surface area contributed by atoms with Gasteiger partial charge in [-0.3, -0.25) is 14.9 Å². The monoisotopic (exact) mass is 313 g/mol. The average Bonchev–Trinajstić information content (AvgIpc) is 2.50. The van der Waals surface area contributed by atoms with Crippen LogP contribution in [0.15, 0.2) is 36.4 Å². The van der Waals surface area contributed by atoms with E-state index < -0.39 is 4.92 Å². The molecular weight excluding hydrogens is 294 g/mol. The van der Waals surface area contributed by atoms with Crippen molar-refractivity contribution < 1.29 is 9.72 Å². The first-order chi connectivity index (χ1) is 10.9. The Balaban J connectivity index is 2.01. The standard InChI is InChI=1S/C17H19N3O3/c1-11-3-4-12(2)15(9-11)19-17(21)8-6-13-5-7-14(18)16(10-13)20(22)23/h3-5,7,9-10H,6,8,18H2,1-2H3,(H,19,21). The van der Waals surface area contributed by atoms with Crippen molar-refractivity contribution in [2.24, 2.45) is 0 Å². The number of anilines is 2. The Bertz CT molecular complexity index is 757. The van der Waals surface area contributed by atoms with Gasteiger partial charge >= 0.3 is 0 Å². The minimum absolute atomic E-state index is 0.124. The van der Waals surface area contributed by atoms with Crippen LogP contribution >= 0.6 is 0 Å². The summed E-state index contributed by atoms with van der Waals surface area (Å²) in [6, 6.07) is 10.5. The normalized spacial score (nSPS) is 10.3. The first-order valence-corrected chi connectivity index (χ1v) is 7.26. The van der Waals surface area contributed by atoms with Crippen LogP contribution in [-0.4, -0.2) is 10.8 Å². The second-order valence-corrected chi connectivity index (χ2v) is 5.52. The van der Waals surface area contributed by atoms with Gasteiger partial charge in [0, 0.05) is 18.2 Å². The zero-order chi connectivity index (χ0) is 17.0. The molecule has 0 aromatic heterocycles. The number of nitro groups is 1. The summed E-state index contributed by atoms with van der Waals surface area (Å²) in [7, 11) is 0. The van der Waals surface area contributed by atoms with Crippen molar-refractivity contribution in [2.75, 3.05) is 11.1 Å². The topological polar surface area (TPSA) is 98.3 Å². The van der Waals surface area contributed by atoms with Crippen molar-refractivity contribution >= 4 is 23.0 Å². The first kappa shape index (κ1) is 16.5. The highest BCUT2D eigenvalue weighted by Crippen LogP contribution is 2.23. The van der Waals surface area contributed by atoms with Crippen LogP contribution in [0.4, 0.5) is 17.1 Å². The molecule has 0 unspecified atom stereocenters. The third-order valence-corrected chi connectivity index (χ3v) is 3.60. The number of amides is 1.